The second-order valence-electron chi connectivity index (χ2n) is 6.52. The van der Waals surface area contributed by atoms with Gasteiger partial charge in [-0.15, -0.1) is 0 Å². The van der Waals surface area contributed by atoms with Gasteiger partial charge in [0.15, 0.2) is 0 Å². The van der Waals surface area contributed by atoms with E-state index >= 15 is 0 Å². The maximum Gasteiger partial charge on any atom is 0.227 e. The smallest absolute Gasteiger partial charge is 0.227 e. The van der Waals surface area contributed by atoms with Crippen LogP contribution in [0.2, 0.25) is 0 Å². The zero-order chi connectivity index (χ0) is 17.1. The molecule has 2 aromatic heterocycles. The van der Waals surface area contributed by atoms with E-state index in [1.165, 1.54) is 5.69 Å². The Morgan fingerprint density at radius 2 is 1.76 bits per heavy atom. The number of aromatic nitrogens is 4. The first-order valence-electron chi connectivity index (χ1n) is 8.89. The molecule has 2 aliphatic heterocycles. The molecule has 4 rings (SSSR count). The van der Waals surface area contributed by atoms with E-state index in [0.717, 1.165) is 70.8 Å². The van der Waals surface area contributed by atoms with Crippen molar-refractivity contribution in [2.45, 2.75) is 6.54 Å². The predicted molar refractivity (Wildman–Crippen MR) is 95.8 cm³/mol. The van der Waals surface area contributed by atoms with E-state index in [1.807, 2.05) is 30.2 Å². The highest BCUT2D eigenvalue weighted by molar-refractivity contribution is 5.44. The lowest BCUT2D eigenvalue weighted by Crippen LogP contribution is -2.47. The summed E-state index contributed by atoms with van der Waals surface area (Å²) in [6.07, 6.45) is 3.73. The van der Waals surface area contributed by atoms with Crippen molar-refractivity contribution in [3.63, 3.8) is 0 Å². The van der Waals surface area contributed by atoms with Crippen molar-refractivity contribution in [1.82, 2.24) is 24.6 Å². The third-order valence-electron chi connectivity index (χ3n) is 4.93. The number of morpholine rings is 1. The molecular weight excluding hydrogens is 318 g/mol. The van der Waals surface area contributed by atoms with Crippen molar-refractivity contribution in [2.75, 3.05) is 62.3 Å². The highest BCUT2D eigenvalue weighted by Crippen LogP contribution is 2.18. The van der Waals surface area contributed by atoms with E-state index in [9.17, 15) is 0 Å². The molecule has 0 spiro atoms. The summed E-state index contributed by atoms with van der Waals surface area (Å²) < 4.78 is 7.37. The quantitative estimate of drug-likeness (QED) is 0.795. The minimum atomic E-state index is 0.770. The monoisotopic (exact) mass is 343 g/mol. The Kier molecular flexibility index (Phi) is 4.80. The normalized spacial score (nSPS) is 19.4. The van der Waals surface area contributed by atoms with Crippen molar-refractivity contribution in [3.05, 3.63) is 30.2 Å². The summed E-state index contributed by atoms with van der Waals surface area (Å²) in [5, 5.41) is 4.24. The zero-order valence-corrected chi connectivity index (χ0v) is 14.7. The lowest BCUT2D eigenvalue weighted by Gasteiger charge is -2.35. The molecule has 0 atom stereocenters. The third kappa shape index (κ3) is 3.74. The van der Waals surface area contributed by atoms with Gasteiger partial charge in [-0.25, -0.2) is 4.98 Å². The second kappa shape index (κ2) is 7.37. The summed E-state index contributed by atoms with van der Waals surface area (Å²) in [4.78, 5) is 16.3. The van der Waals surface area contributed by atoms with Gasteiger partial charge < -0.3 is 14.5 Å². The molecule has 2 fully saturated rings. The molecule has 8 nitrogen and oxygen atoms in total. The summed E-state index contributed by atoms with van der Waals surface area (Å²) in [5.41, 5.74) is 1.25. The molecule has 0 unspecified atom stereocenters. The maximum atomic E-state index is 5.42. The van der Waals surface area contributed by atoms with Gasteiger partial charge in [0, 0.05) is 65.3 Å². The van der Waals surface area contributed by atoms with Crippen LogP contribution in [0.1, 0.15) is 5.69 Å². The van der Waals surface area contributed by atoms with E-state index < -0.39 is 0 Å². The Bertz CT molecular complexity index is 690. The predicted octanol–water partition coefficient (Wildman–Crippen LogP) is 0.369. The summed E-state index contributed by atoms with van der Waals surface area (Å²) in [5.74, 6) is 1.84. The lowest BCUT2D eigenvalue weighted by atomic mass is 10.3. The molecule has 0 amide bonds. The number of ether oxygens (including phenoxy) is 1. The lowest BCUT2D eigenvalue weighted by molar-refractivity contribution is 0.122. The average molecular weight is 343 g/mol. The molecular formula is C17H25N7O. The van der Waals surface area contributed by atoms with Gasteiger partial charge in [0.1, 0.15) is 5.82 Å². The maximum absolute atomic E-state index is 5.42. The van der Waals surface area contributed by atoms with Gasteiger partial charge in [-0.1, -0.05) is 0 Å². The molecule has 134 valence electrons. The van der Waals surface area contributed by atoms with E-state index in [2.05, 4.69) is 30.8 Å². The number of piperazine rings is 1. The van der Waals surface area contributed by atoms with Gasteiger partial charge in [0.25, 0.3) is 0 Å². The fraction of sp³-hybridized carbons (Fsp3) is 0.588. The molecule has 25 heavy (non-hydrogen) atoms. The molecule has 2 saturated heterocycles. The molecule has 0 aliphatic carbocycles. The van der Waals surface area contributed by atoms with Crippen LogP contribution >= 0.6 is 0 Å². The van der Waals surface area contributed by atoms with Gasteiger partial charge in [0.05, 0.1) is 18.9 Å². The number of rotatable bonds is 4. The average Bonchev–Trinajstić information content (AvgIpc) is 3.08. The highest BCUT2D eigenvalue weighted by atomic mass is 16.5. The Hall–Kier alpha value is -2.19. The summed E-state index contributed by atoms with van der Waals surface area (Å²) in [6.45, 7) is 8.20. The third-order valence-corrected chi connectivity index (χ3v) is 4.93. The molecule has 0 bridgehead atoms. The van der Waals surface area contributed by atoms with Crippen LogP contribution in [0.3, 0.4) is 0 Å². The van der Waals surface area contributed by atoms with Crippen LogP contribution in [-0.4, -0.2) is 77.1 Å². The van der Waals surface area contributed by atoms with Gasteiger partial charge >= 0.3 is 0 Å². The number of aryl methyl sites for hydroxylation is 1. The first-order valence-corrected chi connectivity index (χ1v) is 8.89. The molecule has 4 heterocycles. The van der Waals surface area contributed by atoms with Crippen LogP contribution in [-0.2, 0) is 18.3 Å². The number of anilines is 2. The minimum Gasteiger partial charge on any atom is -0.378 e. The van der Waals surface area contributed by atoms with Crippen molar-refractivity contribution >= 4 is 11.8 Å². The Labute approximate surface area is 148 Å². The van der Waals surface area contributed by atoms with E-state index in [0.29, 0.717) is 0 Å². The molecule has 2 aromatic rings. The van der Waals surface area contributed by atoms with Crippen LogP contribution in [0.15, 0.2) is 24.5 Å². The fourth-order valence-electron chi connectivity index (χ4n) is 3.35. The summed E-state index contributed by atoms with van der Waals surface area (Å²) in [6, 6.07) is 4.08. The molecule has 2 aliphatic rings. The van der Waals surface area contributed by atoms with Crippen LogP contribution < -0.4 is 9.80 Å². The zero-order valence-electron chi connectivity index (χ0n) is 14.7. The van der Waals surface area contributed by atoms with Crippen molar-refractivity contribution in [2.24, 2.45) is 7.05 Å². The molecule has 0 saturated carbocycles. The van der Waals surface area contributed by atoms with E-state index in [1.54, 1.807) is 0 Å². The highest BCUT2D eigenvalue weighted by Gasteiger charge is 2.21. The first kappa shape index (κ1) is 16.3. The van der Waals surface area contributed by atoms with Crippen LogP contribution in [0.5, 0.6) is 0 Å². The summed E-state index contributed by atoms with van der Waals surface area (Å²) in [7, 11) is 2.00. The molecule has 0 aromatic carbocycles. The minimum absolute atomic E-state index is 0.770. The number of nitrogens with zero attached hydrogens (tertiary/aromatic N) is 7. The van der Waals surface area contributed by atoms with Gasteiger partial charge in [-0.05, 0) is 12.1 Å². The number of hydrogen-bond donors (Lipinski definition) is 0. The second-order valence-corrected chi connectivity index (χ2v) is 6.52. The Morgan fingerprint density at radius 3 is 2.48 bits per heavy atom. The van der Waals surface area contributed by atoms with Gasteiger partial charge in [-0.3, -0.25) is 9.58 Å². The van der Waals surface area contributed by atoms with Crippen LogP contribution in [0, 0.1) is 0 Å². The first-order chi connectivity index (χ1) is 12.3. The van der Waals surface area contributed by atoms with Gasteiger partial charge in [0.2, 0.25) is 5.95 Å². The van der Waals surface area contributed by atoms with Crippen molar-refractivity contribution in [1.29, 1.82) is 0 Å². The number of hydrogen-bond acceptors (Lipinski definition) is 7. The van der Waals surface area contributed by atoms with Gasteiger partial charge in [-0.2, -0.15) is 10.1 Å². The largest absolute Gasteiger partial charge is 0.378 e. The standard InChI is InChI=1S/C17H25N7O/c1-21-15(2-5-19-21)14-22-6-8-24(9-7-22)17-18-4-3-16(20-17)23-10-12-25-13-11-23/h2-5H,6-14H2,1H3. The molecule has 0 radical (unpaired) electrons. The Morgan fingerprint density at radius 1 is 0.960 bits per heavy atom. The van der Waals surface area contributed by atoms with Crippen molar-refractivity contribution in [3.8, 4) is 0 Å². The van der Waals surface area contributed by atoms with Crippen LogP contribution in [0.25, 0.3) is 0 Å². The topological polar surface area (TPSA) is 62.6 Å². The van der Waals surface area contributed by atoms with Crippen molar-refractivity contribution < 1.29 is 4.74 Å². The van der Waals surface area contributed by atoms with Crippen LogP contribution in [0.4, 0.5) is 11.8 Å². The molecule has 8 heteroatoms. The Balaban J connectivity index is 1.36. The SMILES string of the molecule is Cn1nccc1CN1CCN(c2nccc(N3CCOCC3)n2)CC1. The fourth-order valence-corrected chi connectivity index (χ4v) is 3.35. The van der Waals surface area contributed by atoms with E-state index in [4.69, 9.17) is 9.72 Å². The van der Waals surface area contributed by atoms with E-state index in [-0.39, 0.29) is 0 Å². The summed E-state index contributed by atoms with van der Waals surface area (Å²) >= 11 is 0. The molecule has 0 N–H and O–H groups in total.